The molecule has 3 aromatic rings. The Balaban J connectivity index is 1.44. The van der Waals surface area contributed by atoms with Crippen LogP contribution in [0.5, 0.6) is 0 Å². The quantitative estimate of drug-likeness (QED) is 0.562. The molecule has 0 aliphatic rings. The van der Waals surface area contributed by atoms with Crippen LogP contribution in [0, 0.1) is 0 Å². The van der Waals surface area contributed by atoms with Crippen LogP contribution in [0.4, 0.5) is 0 Å². The molecule has 0 radical (unpaired) electrons. The molecule has 0 spiro atoms. The van der Waals surface area contributed by atoms with Crippen LogP contribution in [-0.4, -0.2) is 22.0 Å². The maximum atomic E-state index is 11.7. The molecule has 0 bridgehead atoms. The van der Waals surface area contributed by atoms with E-state index in [2.05, 4.69) is 14.9 Å². The summed E-state index contributed by atoms with van der Waals surface area (Å²) in [5, 5.41) is 3.99. The number of amides is 1. The lowest BCUT2D eigenvalue weighted by molar-refractivity contribution is -0.116. The van der Waals surface area contributed by atoms with Gasteiger partial charge in [0.05, 0.1) is 6.26 Å². The summed E-state index contributed by atoms with van der Waals surface area (Å²) in [5.74, 6) is 0.548. The third kappa shape index (κ3) is 3.44. The summed E-state index contributed by atoms with van der Waals surface area (Å²) in [6.45, 7) is 1.44. The van der Waals surface area contributed by atoms with Crippen LogP contribution in [0.25, 0.3) is 17.1 Å². The lowest BCUT2D eigenvalue weighted by atomic mass is 10.3. The van der Waals surface area contributed by atoms with Crippen LogP contribution < -0.4 is 5.32 Å². The van der Waals surface area contributed by atoms with Crippen LogP contribution in [0.15, 0.2) is 59.5 Å². The van der Waals surface area contributed by atoms with E-state index in [1.54, 1.807) is 30.7 Å². The Morgan fingerprint density at radius 2 is 2.27 bits per heavy atom. The SMILES string of the molecule is O=C(C=Cc1ccco1)NCCCn1ccc2cccnc21. The molecule has 3 aromatic heterocycles. The van der Waals surface area contributed by atoms with E-state index in [9.17, 15) is 4.79 Å². The zero-order chi connectivity index (χ0) is 15.2. The van der Waals surface area contributed by atoms with Gasteiger partial charge in [-0.2, -0.15) is 0 Å². The first-order valence-electron chi connectivity index (χ1n) is 7.22. The number of rotatable bonds is 6. The second-order valence-corrected chi connectivity index (χ2v) is 4.92. The van der Waals surface area contributed by atoms with E-state index in [1.165, 1.54) is 6.08 Å². The van der Waals surface area contributed by atoms with Gasteiger partial charge in [-0.25, -0.2) is 4.98 Å². The van der Waals surface area contributed by atoms with Gasteiger partial charge < -0.3 is 14.3 Å². The zero-order valence-electron chi connectivity index (χ0n) is 12.1. The topological polar surface area (TPSA) is 60.1 Å². The number of pyridine rings is 1. The fourth-order valence-electron chi connectivity index (χ4n) is 2.26. The average molecular weight is 295 g/mol. The van der Waals surface area contributed by atoms with Crippen molar-refractivity contribution < 1.29 is 9.21 Å². The molecular weight excluding hydrogens is 278 g/mol. The fraction of sp³-hybridized carbons (Fsp3) is 0.176. The Labute approximate surface area is 128 Å². The predicted molar refractivity (Wildman–Crippen MR) is 85.1 cm³/mol. The van der Waals surface area contributed by atoms with E-state index < -0.39 is 0 Å². The number of furan rings is 1. The molecule has 112 valence electrons. The molecule has 0 aliphatic carbocycles. The fourth-order valence-corrected chi connectivity index (χ4v) is 2.26. The molecule has 5 heteroatoms. The van der Waals surface area contributed by atoms with Crippen molar-refractivity contribution in [3.63, 3.8) is 0 Å². The summed E-state index contributed by atoms with van der Waals surface area (Å²) >= 11 is 0. The van der Waals surface area contributed by atoms with E-state index >= 15 is 0 Å². The molecule has 22 heavy (non-hydrogen) atoms. The van der Waals surface area contributed by atoms with E-state index in [4.69, 9.17) is 4.42 Å². The molecule has 3 rings (SSSR count). The maximum absolute atomic E-state index is 11.7. The highest BCUT2D eigenvalue weighted by Gasteiger charge is 2.01. The molecular formula is C17H17N3O2. The minimum Gasteiger partial charge on any atom is -0.465 e. The number of nitrogens with one attached hydrogen (secondary N) is 1. The van der Waals surface area contributed by atoms with Crippen LogP contribution in [0.3, 0.4) is 0 Å². The van der Waals surface area contributed by atoms with Gasteiger partial charge in [-0.05, 0) is 42.8 Å². The van der Waals surface area contributed by atoms with Gasteiger partial charge in [0.15, 0.2) is 0 Å². The molecule has 0 saturated heterocycles. The molecule has 0 aliphatic heterocycles. The van der Waals surface area contributed by atoms with Crippen molar-refractivity contribution in [2.75, 3.05) is 6.54 Å². The summed E-state index contributed by atoms with van der Waals surface area (Å²) in [7, 11) is 0. The standard InChI is InChI=1S/C17H17N3O2/c21-16(7-6-15-5-2-13-22-15)18-10-3-11-20-12-8-14-4-1-9-19-17(14)20/h1-2,4-9,12-13H,3,10-11H2,(H,18,21). The van der Waals surface area contributed by atoms with Crippen molar-refractivity contribution in [2.24, 2.45) is 0 Å². The molecule has 0 aromatic carbocycles. The van der Waals surface area contributed by atoms with Gasteiger partial charge in [-0.1, -0.05) is 0 Å². The minimum atomic E-state index is -0.119. The first kappa shape index (κ1) is 14.1. The third-order valence-electron chi connectivity index (χ3n) is 3.34. The second kappa shape index (κ2) is 6.76. The zero-order valence-corrected chi connectivity index (χ0v) is 12.1. The Bertz CT molecular complexity index is 772. The molecule has 0 atom stereocenters. The van der Waals surface area contributed by atoms with Crippen molar-refractivity contribution in [3.8, 4) is 0 Å². The van der Waals surface area contributed by atoms with Crippen LogP contribution in [-0.2, 0) is 11.3 Å². The van der Waals surface area contributed by atoms with Crippen molar-refractivity contribution >= 4 is 23.0 Å². The van der Waals surface area contributed by atoms with Gasteiger partial charge in [0.1, 0.15) is 11.4 Å². The largest absolute Gasteiger partial charge is 0.465 e. The molecule has 5 nitrogen and oxygen atoms in total. The van der Waals surface area contributed by atoms with Crippen molar-refractivity contribution in [1.82, 2.24) is 14.9 Å². The molecule has 1 N–H and O–H groups in total. The number of carbonyl (C=O) groups is 1. The number of carbonyl (C=O) groups excluding carboxylic acids is 1. The summed E-state index contributed by atoms with van der Waals surface area (Å²) in [5.41, 5.74) is 0.978. The molecule has 0 unspecified atom stereocenters. The Morgan fingerprint density at radius 1 is 1.32 bits per heavy atom. The second-order valence-electron chi connectivity index (χ2n) is 4.92. The molecule has 1 amide bonds. The molecule has 3 heterocycles. The van der Waals surface area contributed by atoms with E-state index in [0.717, 1.165) is 24.0 Å². The van der Waals surface area contributed by atoms with E-state index in [0.29, 0.717) is 12.3 Å². The summed E-state index contributed by atoms with van der Waals surface area (Å²) < 4.78 is 7.22. The number of hydrogen-bond acceptors (Lipinski definition) is 3. The van der Waals surface area contributed by atoms with Crippen molar-refractivity contribution in [1.29, 1.82) is 0 Å². The number of fused-ring (bicyclic) bond motifs is 1. The smallest absolute Gasteiger partial charge is 0.244 e. The van der Waals surface area contributed by atoms with Crippen LogP contribution in [0.2, 0.25) is 0 Å². The Hall–Kier alpha value is -2.82. The number of aryl methyl sites for hydroxylation is 1. The lowest BCUT2D eigenvalue weighted by Gasteiger charge is -2.05. The van der Waals surface area contributed by atoms with Gasteiger partial charge in [0.25, 0.3) is 0 Å². The summed E-state index contributed by atoms with van der Waals surface area (Å²) in [4.78, 5) is 16.0. The number of hydrogen-bond donors (Lipinski definition) is 1. The highest BCUT2D eigenvalue weighted by atomic mass is 16.3. The summed E-state index contributed by atoms with van der Waals surface area (Å²) in [6.07, 6.45) is 9.37. The predicted octanol–water partition coefficient (Wildman–Crippen LogP) is 2.85. The number of nitrogens with zero attached hydrogens (tertiary/aromatic N) is 2. The van der Waals surface area contributed by atoms with Gasteiger partial charge in [0, 0.05) is 36.9 Å². The molecule has 0 saturated carbocycles. The lowest BCUT2D eigenvalue weighted by Crippen LogP contribution is -2.23. The van der Waals surface area contributed by atoms with Gasteiger partial charge >= 0.3 is 0 Å². The van der Waals surface area contributed by atoms with E-state index in [1.807, 2.05) is 24.4 Å². The van der Waals surface area contributed by atoms with Crippen LogP contribution >= 0.6 is 0 Å². The van der Waals surface area contributed by atoms with E-state index in [-0.39, 0.29) is 5.91 Å². The highest BCUT2D eigenvalue weighted by Crippen LogP contribution is 2.12. The third-order valence-corrected chi connectivity index (χ3v) is 3.34. The normalized spacial score (nSPS) is 11.3. The Kier molecular flexibility index (Phi) is 4.34. The van der Waals surface area contributed by atoms with Gasteiger partial charge in [0.2, 0.25) is 5.91 Å². The van der Waals surface area contributed by atoms with Crippen molar-refractivity contribution in [2.45, 2.75) is 13.0 Å². The van der Waals surface area contributed by atoms with Crippen molar-refractivity contribution in [3.05, 3.63) is 60.8 Å². The van der Waals surface area contributed by atoms with Crippen LogP contribution in [0.1, 0.15) is 12.2 Å². The maximum Gasteiger partial charge on any atom is 0.244 e. The first-order valence-corrected chi connectivity index (χ1v) is 7.22. The van der Waals surface area contributed by atoms with Gasteiger partial charge in [-0.15, -0.1) is 0 Å². The first-order chi connectivity index (χ1) is 10.8. The monoisotopic (exact) mass is 295 g/mol. The van der Waals surface area contributed by atoms with Gasteiger partial charge in [-0.3, -0.25) is 4.79 Å². The summed E-state index contributed by atoms with van der Waals surface area (Å²) in [6, 6.07) is 9.60. The number of aromatic nitrogens is 2. The minimum absolute atomic E-state index is 0.119. The molecule has 0 fully saturated rings. The average Bonchev–Trinajstić information content (AvgIpc) is 3.19. The Morgan fingerprint density at radius 3 is 3.14 bits per heavy atom. The highest BCUT2D eigenvalue weighted by molar-refractivity contribution is 5.91.